The second kappa shape index (κ2) is 12.3. The SMILES string of the molecule is CC(C)COC[C@@H](O)CN1CCCN(c2ccc(NC(=O)c3cccc(C(F)(F)F)c3)cn2)CC1. The van der Waals surface area contributed by atoms with Crippen LogP contribution in [0.15, 0.2) is 42.6 Å². The average Bonchev–Trinajstić information content (AvgIpc) is 3.04. The maximum Gasteiger partial charge on any atom is 0.416 e. The van der Waals surface area contributed by atoms with E-state index < -0.39 is 23.8 Å². The van der Waals surface area contributed by atoms with Crippen LogP contribution in [0.5, 0.6) is 0 Å². The summed E-state index contributed by atoms with van der Waals surface area (Å²) in [5, 5.41) is 12.8. The van der Waals surface area contributed by atoms with Crippen molar-refractivity contribution in [3.63, 3.8) is 0 Å². The molecule has 1 saturated heterocycles. The Kier molecular flexibility index (Phi) is 9.47. The van der Waals surface area contributed by atoms with Crippen molar-refractivity contribution in [3.05, 3.63) is 53.7 Å². The molecule has 0 spiro atoms. The number of halogens is 3. The molecule has 0 radical (unpaired) electrons. The number of nitrogens with zero attached hydrogens (tertiary/aromatic N) is 3. The summed E-state index contributed by atoms with van der Waals surface area (Å²) >= 11 is 0. The summed E-state index contributed by atoms with van der Waals surface area (Å²) < 4.78 is 44.2. The van der Waals surface area contributed by atoms with Crippen LogP contribution in [-0.2, 0) is 10.9 Å². The fourth-order valence-electron chi connectivity index (χ4n) is 3.86. The molecule has 1 fully saturated rings. The van der Waals surface area contributed by atoms with Crippen LogP contribution in [0.3, 0.4) is 0 Å². The van der Waals surface area contributed by atoms with Crippen molar-refractivity contribution < 1.29 is 27.8 Å². The summed E-state index contributed by atoms with van der Waals surface area (Å²) in [6.07, 6.45) is -2.63. The van der Waals surface area contributed by atoms with Crippen LogP contribution in [0.25, 0.3) is 0 Å². The first-order valence-corrected chi connectivity index (χ1v) is 11.8. The van der Waals surface area contributed by atoms with Gasteiger partial charge in [-0.15, -0.1) is 0 Å². The molecule has 1 aliphatic rings. The van der Waals surface area contributed by atoms with Gasteiger partial charge in [0.25, 0.3) is 5.91 Å². The van der Waals surface area contributed by atoms with Gasteiger partial charge in [-0.25, -0.2) is 4.98 Å². The number of carbonyl (C=O) groups excluding carboxylic acids is 1. The van der Waals surface area contributed by atoms with Gasteiger partial charge in [0.1, 0.15) is 5.82 Å². The molecule has 0 unspecified atom stereocenters. The molecule has 1 aromatic carbocycles. The van der Waals surface area contributed by atoms with Crippen LogP contribution in [0.4, 0.5) is 24.7 Å². The molecule has 3 rings (SSSR count). The van der Waals surface area contributed by atoms with Crippen molar-refractivity contribution >= 4 is 17.4 Å². The summed E-state index contributed by atoms with van der Waals surface area (Å²) in [6, 6.07) is 7.77. The van der Waals surface area contributed by atoms with Gasteiger partial charge in [-0.2, -0.15) is 13.2 Å². The molecule has 1 aromatic heterocycles. The van der Waals surface area contributed by atoms with Crippen molar-refractivity contribution in [3.8, 4) is 0 Å². The van der Waals surface area contributed by atoms with Crippen molar-refractivity contribution in [1.82, 2.24) is 9.88 Å². The maximum absolute atomic E-state index is 12.9. The highest BCUT2D eigenvalue weighted by molar-refractivity contribution is 6.04. The van der Waals surface area contributed by atoms with E-state index >= 15 is 0 Å². The minimum absolute atomic E-state index is 0.0756. The number of nitrogens with one attached hydrogen (secondary N) is 1. The smallest absolute Gasteiger partial charge is 0.389 e. The molecule has 1 amide bonds. The zero-order valence-corrected chi connectivity index (χ0v) is 20.1. The van der Waals surface area contributed by atoms with Crippen LogP contribution in [0.1, 0.15) is 36.2 Å². The molecular weight excluding hydrogens is 461 g/mol. The van der Waals surface area contributed by atoms with Gasteiger partial charge < -0.3 is 20.1 Å². The first kappa shape index (κ1) is 26.9. The molecular formula is C25H33F3N4O3. The number of amides is 1. The molecule has 2 aromatic rings. The van der Waals surface area contributed by atoms with Crippen LogP contribution in [0.2, 0.25) is 0 Å². The number of hydrogen-bond donors (Lipinski definition) is 2. The molecule has 35 heavy (non-hydrogen) atoms. The van der Waals surface area contributed by atoms with E-state index in [1.807, 2.05) is 0 Å². The van der Waals surface area contributed by atoms with Crippen molar-refractivity contribution in [2.45, 2.75) is 32.5 Å². The molecule has 1 atom stereocenters. The second-order valence-corrected chi connectivity index (χ2v) is 9.16. The van der Waals surface area contributed by atoms with Crippen LogP contribution in [0, 0.1) is 5.92 Å². The van der Waals surface area contributed by atoms with E-state index in [2.05, 4.69) is 33.9 Å². The molecule has 0 aliphatic carbocycles. The number of anilines is 2. The highest BCUT2D eigenvalue weighted by Crippen LogP contribution is 2.29. The van der Waals surface area contributed by atoms with Crippen LogP contribution in [-0.4, -0.2) is 72.9 Å². The predicted octanol–water partition coefficient (Wildman–Crippen LogP) is 3.90. The fraction of sp³-hybridized carbons (Fsp3) is 0.520. The van der Waals surface area contributed by atoms with Gasteiger partial charge in [-0.05, 0) is 49.2 Å². The number of rotatable bonds is 9. The van der Waals surface area contributed by atoms with Crippen LogP contribution >= 0.6 is 0 Å². The lowest BCUT2D eigenvalue weighted by Crippen LogP contribution is -2.38. The molecule has 0 bridgehead atoms. The Balaban J connectivity index is 1.51. The number of β-amino-alcohol motifs (C(OH)–C–C–N with tert-alkyl or cyclic N) is 1. The number of aliphatic hydroxyl groups is 1. The fourth-order valence-corrected chi connectivity index (χ4v) is 3.86. The van der Waals surface area contributed by atoms with Gasteiger partial charge >= 0.3 is 6.18 Å². The molecule has 2 N–H and O–H groups in total. The number of carbonyl (C=O) groups is 1. The Bertz CT molecular complexity index is 954. The average molecular weight is 495 g/mol. The zero-order chi connectivity index (χ0) is 25.4. The topological polar surface area (TPSA) is 77.9 Å². The van der Waals surface area contributed by atoms with E-state index in [4.69, 9.17) is 4.74 Å². The van der Waals surface area contributed by atoms with Crippen molar-refractivity contribution in [2.24, 2.45) is 5.92 Å². The molecule has 1 aliphatic heterocycles. The van der Waals surface area contributed by atoms with E-state index in [0.29, 0.717) is 31.4 Å². The largest absolute Gasteiger partial charge is 0.416 e. The number of aromatic nitrogens is 1. The van der Waals surface area contributed by atoms with Gasteiger partial charge in [-0.3, -0.25) is 9.69 Å². The number of aliphatic hydroxyl groups excluding tert-OH is 1. The predicted molar refractivity (Wildman–Crippen MR) is 129 cm³/mol. The van der Waals surface area contributed by atoms with Crippen molar-refractivity contribution in [2.75, 3.05) is 56.2 Å². The zero-order valence-electron chi connectivity index (χ0n) is 20.1. The number of benzene rings is 1. The second-order valence-electron chi connectivity index (χ2n) is 9.16. The van der Waals surface area contributed by atoms with Gasteiger partial charge in [0, 0.05) is 38.3 Å². The number of pyridine rings is 1. The summed E-state index contributed by atoms with van der Waals surface area (Å²) in [7, 11) is 0. The Morgan fingerprint density at radius 2 is 1.94 bits per heavy atom. The standard InChI is InChI=1S/C25H33F3N4O3/c1-18(2)16-35-17-22(33)15-31-9-4-10-32(12-11-31)23-8-7-21(14-29-23)30-24(34)19-5-3-6-20(13-19)25(26,27)28/h3,5-8,13-14,18,22,33H,4,9-12,15-17H2,1-2H3,(H,30,34)/t22-/m0/s1. The first-order valence-electron chi connectivity index (χ1n) is 11.8. The van der Waals surface area contributed by atoms with Gasteiger partial charge in [0.15, 0.2) is 0 Å². The molecule has 7 nitrogen and oxygen atoms in total. The van der Waals surface area contributed by atoms with E-state index in [9.17, 15) is 23.1 Å². The summed E-state index contributed by atoms with van der Waals surface area (Å²) in [5.74, 6) is 0.554. The van der Waals surface area contributed by atoms with Gasteiger partial charge in [0.05, 0.1) is 30.2 Å². The molecule has 10 heteroatoms. The highest BCUT2D eigenvalue weighted by Gasteiger charge is 2.31. The number of alkyl halides is 3. The first-order chi connectivity index (χ1) is 16.6. The Morgan fingerprint density at radius 3 is 2.63 bits per heavy atom. The third kappa shape index (κ3) is 8.48. The molecule has 192 valence electrons. The van der Waals surface area contributed by atoms with Crippen LogP contribution < -0.4 is 10.2 Å². The quantitative estimate of drug-likeness (QED) is 0.551. The Hall–Kier alpha value is -2.69. The highest BCUT2D eigenvalue weighted by atomic mass is 19.4. The summed E-state index contributed by atoms with van der Waals surface area (Å²) in [4.78, 5) is 21.2. The van der Waals surface area contributed by atoms with E-state index in [-0.39, 0.29) is 5.56 Å². The minimum atomic E-state index is -4.51. The van der Waals surface area contributed by atoms with Gasteiger partial charge in [0.2, 0.25) is 0 Å². The maximum atomic E-state index is 12.9. The number of ether oxygens (including phenoxy) is 1. The lowest BCUT2D eigenvalue weighted by Gasteiger charge is -2.24. The lowest BCUT2D eigenvalue weighted by atomic mass is 10.1. The van der Waals surface area contributed by atoms with E-state index in [0.717, 1.165) is 50.6 Å². The van der Waals surface area contributed by atoms with E-state index in [1.165, 1.54) is 18.3 Å². The lowest BCUT2D eigenvalue weighted by molar-refractivity contribution is -0.137. The summed E-state index contributed by atoms with van der Waals surface area (Å²) in [5.41, 5.74) is -0.546. The monoisotopic (exact) mass is 494 g/mol. The molecule has 2 heterocycles. The Labute approximate surface area is 203 Å². The van der Waals surface area contributed by atoms with Gasteiger partial charge in [-0.1, -0.05) is 19.9 Å². The van der Waals surface area contributed by atoms with Crippen molar-refractivity contribution in [1.29, 1.82) is 0 Å². The minimum Gasteiger partial charge on any atom is -0.389 e. The molecule has 0 saturated carbocycles. The third-order valence-electron chi connectivity index (χ3n) is 5.60. The Morgan fingerprint density at radius 1 is 1.14 bits per heavy atom. The summed E-state index contributed by atoms with van der Waals surface area (Å²) in [6.45, 7) is 8.84. The third-order valence-corrected chi connectivity index (χ3v) is 5.60. The number of hydrogen-bond acceptors (Lipinski definition) is 6. The van der Waals surface area contributed by atoms with E-state index in [1.54, 1.807) is 12.1 Å². The normalized spacial score (nSPS) is 16.3.